The Hall–Kier alpha value is -0.880. The minimum atomic E-state index is -4.40. The maximum absolute atomic E-state index is 12.2. The first kappa shape index (κ1) is 14.2. The third-order valence-electron chi connectivity index (χ3n) is 1.92. The van der Waals surface area contributed by atoms with Crippen molar-refractivity contribution in [3.8, 4) is 0 Å². The Labute approximate surface area is 105 Å². The van der Waals surface area contributed by atoms with Crippen molar-refractivity contribution in [1.82, 2.24) is 0 Å². The zero-order valence-corrected chi connectivity index (χ0v) is 10.1. The first-order valence-electron chi connectivity index (χ1n) is 4.54. The molecule has 0 saturated heterocycles. The molecule has 0 aliphatic carbocycles. The number of rotatable bonds is 4. The molecule has 1 rings (SSSR count). The number of ketones is 1. The van der Waals surface area contributed by atoms with Crippen molar-refractivity contribution in [2.45, 2.75) is 16.8 Å². The van der Waals surface area contributed by atoms with Gasteiger partial charge in [0, 0.05) is 17.0 Å². The van der Waals surface area contributed by atoms with E-state index in [1.165, 1.54) is 18.2 Å². The van der Waals surface area contributed by atoms with Gasteiger partial charge in [0.2, 0.25) is 0 Å². The van der Waals surface area contributed by atoms with Gasteiger partial charge in [0.1, 0.15) is 0 Å². The molecule has 1 aromatic rings. The van der Waals surface area contributed by atoms with Gasteiger partial charge in [-0.2, -0.15) is 13.2 Å². The number of benzene rings is 1. The Morgan fingerprint density at radius 1 is 1.41 bits per heavy atom. The smallest absolute Gasteiger partial charge is 0.398 e. The van der Waals surface area contributed by atoms with Crippen LogP contribution in [0, 0.1) is 0 Å². The number of anilines is 1. The molecule has 2 nitrogen and oxygen atoms in total. The molecule has 0 heterocycles. The first-order chi connectivity index (χ1) is 7.83. The Bertz CT molecular complexity index is 423. The van der Waals surface area contributed by atoms with Gasteiger partial charge in [-0.1, -0.05) is 12.1 Å². The second-order valence-electron chi connectivity index (χ2n) is 3.23. The highest BCUT2D eigenvalue weighted by Gasteiger charge is 2.30. The van der Waals surface area contributed by atoms with Gasteiger partial charge in [0.05, 0.1) is 5.88 Å². The highest BCUT2D eigenvalue weighted by molar-refractivity contribution is 8.00. The Kier molecular flexibility index (Phi) is 4.70. The van der Waals surface area contributed by atoms with Crippen LogP contribution < -0.4 is 5.73 Å². The van der Waals surface area contributed by atoms with Gasteiger partial charge in [0.15, 0.2) is 5.78 Å². The number of halogens is 4. The Balaban J connectivity index is 2.95. The highest BCUT2D eigenvalue weighted by Crippen LogP contribution is 2.40. The van der Waals surface area contributed by atoms with E-state index in [9.17, 15) is 18.0 Å². The molecule has 0 unspecified atom stereocenters. The van der Waals surface area contributed by atoms with Crippen molar-refractivity contribution in [3.63, 3.8) is 0 Å². The van der Waals surface area contributed by atoms with Crippen LogP contribution in [0.5, 0.6) is 0 Å². The SMILES string of the molecule is Nc1c(CC(=O)CCl)cccc1SC(F)(F)F. The van der Waals surface area contributed by atoms with E-state index in [4.69, 9.17) is 17.3 Å². The average Bonchev–Trinajstić information content (AvgIpc) is 2.22. The van der Waals surface area contributed by atoms with E-state index in [-0.39, 0.29) is 40.4 Å². The monoisotopic (exact) mass is 283 g/mol. The molecule has 0 spiro atoms. The molecule has 2 N–H and O–H groups in total. The Morgan fingerprint density at radius 2 is 2.06 bits per heavy atom. The maximum Gasteiger partial charge on any atom is 0.446 e. The largest absolute Gasteiger partial charge is 0.446 e. The molecule has 0 aliphatic rings. The van der Waals surface area contributed by atoms with Crippen LogP contribution in [0.25, 0.3) is 0 Å². The molecule has 0 amide bonds. The fraction of sp³-hybridized carbons (Fsp3) is 0.300. The number of carbonyl (C=O) groups is 1. The first-order valence-corrected chi connectivity index (χ1v) is 5.89. The van der Waals surface area contributed by atoms with E-state index in [1.807, 2.05) is 0 Å². The lowest BCUT2D eigenvalue weighted by atomic mass is 10.1. The number of carbonyl (C=O) groups excluding carboxylic acids is 1. The predicted octanol–water partition coefficient (Wildman–Crippen LogP) is 3.23. The summed E-state index contributed by atoms with van der Waals surface area (Å²) in [6.45, 7) is 0. The minimum absolute atomic E-state index is 0.0201. The fourth-order valence-corrected chi connectivity index (χ4v) is 1.95. The number of hydrogen-bond acceptors (Lipinski definition) is 3. The van der Waals surface area contributed by atoms with Crippen LogP contribution >= 0.6 is 23.4 Å². The van der Waals surface area contributed by atoms with E-state index in [0.717, 1.165) is 0 Å². The summed E-state index contributed by atoms with van der Waals surface area (Å²) in [5.74, 6) is -0.469. The van der Waals surface area contributed by atoms with E-state index in [1.54, 1.807) is 0 Å². The minimum Gasteiger partial charge on any atom is -0.398 e. The quantitative estimate of drug-likeness (QED) is 0.524. The molecule has 0 aromatic heterocycles. The van der Waals surface area contributed by atoms with Crippen LogP contribution in [0.4, 0.5) is 18.9 Å². The molecule has 0 saturated carbocycles. The average molecular weight is 284 g/mol. The summed E-state index contributed by atoms with van der Waals surface area (Å²) in [4.78, 5) is 11.0. The molecule has 7 heteroatoms. The summed E-state index contributed by atoms with van der Waals surface area (Å²) in [7, 11) is 0. The van der Waals surface area contributed by atoms with E-state index in [2.05, 4.69) is 0 Å². The number of alkyl halides is 4. The van der Waals surface area contributed by atoms with E-state index >= 15 is 0 Å². The molecule has 0 atom stereocenters. The third-order valence-corrected chi connectivity index (χ3v) is 3.02. The van der Waals surface area contributed by atoms with Gasteiger partial charge < -0.3 is 5.73 Å². The summed E-state index contributed by atoms with van der Waals surface area (Å²) >= 11 is 5.03. The van der Waals surface area contributed by atoms with E-state index in [0.29, 0.717) is 5.56 Å². The number of thioether (sulfide) groups is 1. The lowest BCUT2D eigenvalue weighted by molar-refractivity contribution is -0.116. The van der Waals surface area contributed by atoms with Gasteiger partial charge in [-0.25, -0.2) is 0 Å². The molecular weight excluding hydrogens is 275 g/mol. The Morgan fingerprint density at radius 3 is 2.59 bits per heavy atom. The molecule has 0 fully saturated rings. The molecule has 0 radical (unpaired) electrons. The molecule has 0 bridgehead atoms. The van der Waals surface area contributed by atoms with Crippen molar-refractivity contribution < 1.29 is 18.0 Å². The topological polar surface area (TPSA) is 43.1 Å². The van der Waals surface area contributed by atoms with Gasteiger partial charge in [0.25, 0.3) is 0 Å². The normalized spacial score (nSPS) is 11.5. The van der Waals surface area contributed by atoms with E-state index < -0.39 is 5.51 Å². The molecule has 94 valence electrons. The maximum atomic E-state index is 12.2. The third kappa shape index (κ3) is 4.47. The van der Waals surface area contributed by atoms with Gasteiger partial charge >= 0.3 is 5.51 Å². The second kappa shape index (κ2) is 5.64. The lowest BCUT2D eigenvalue weighted by Crippen LogP contribution is -2.08. The van der Waals surface area contributed by atoms with Crippen LogP contribution in [-0.2, 0) is 11.2 Å². The van der Waals surface area contributed by atoms with Crippen LogP contribution in [-0.4, -0.2) is 17.2 Å². The van der Waals surface area contributed by atoms with Crippen molar-refractivity contribution >= 4 is 34.8 Å². The standard InChI is InChI=1S/C10H9ClF3NOS/c11-5-7(16)4-6-2-1-3-8(9(6)15)17-10(12,13)14/h1-3H,4-5,15H2. The summed E-state index contributed by atoms with van der Waals surface area (Å²) in [5.41, 5.74) is 1.52. The summed E-state index contributed by atoms with van der Waals surface area (Å²) in [6.07, 6.45) is -0.0540. The lowest BCUT2D eigenvalue weighted by Gasteiger charge is -2.11. The molecule has 0 aliphatic heterocycles. The summed E-state index contributed by atoms with van der Waals surface area (Å²) < 4.78 is 36.6. The summed E-state index contributed by atoms with van der Waals surface area (Å²) in [6, 6.07) is 4.21. The van der Waals surface area contributed by atoms with Crippen LogP contribution in [0.1, 0.15) is 5.56 Å². The van der Waals surface area contributed by atoms with Crippen LogP contribution in [0.15, 0.2) is 23.1 Å². The van der Waals surface area contributed by atoms with Crippen molar-refractivity contribution in [1.29, 1.82) is 0 Å². The zero-order chi connectivity index (χ0) is 13.1. The van der Waals surface area contributed by atoms with Crippen LogP contribution in [0.3, 0.4) is 0 Å². The van der Waals surface area contributed by atoms with Crippen LogP contribution in [0.2, 0.25) is 0 Å². The summed E-state index contributed by atoms with van der Waals surface area (Å²) in [5, 5.41) is 0. The number of nitrogen functional groups attached to an aromatic ring is 1. The number of para-hydroxylation sites is 1. The second-order valence-corrected chi connectivity index (χ2v) is 4.60. The van der Waals surface area contributed by atoms with Crippen molar-refractivity contribution in [3.05, 3.63) is 23.8 Å². The molecule has 17 heavy (non-hydrogen) atoms. The number of Topliss-reactive ketones (excluding diaryl/α,β-unsaturated/α-hetero) is 1. The molecular formula is C10H9ClF3NOS. The van der Waals surface area contributed by atoms with Crippen molar-refractivity contribution in [2.24, 2.45) is 0 Å². The zero-order valence-electron chi connectivity index (χ0n) is 8.55. The van der Waals surface area contributed by atoms with Gasteiger partial charge in [-0.3, -0.25) is 4.79 Å². The molecule has 1 aromatic carbocycles. The number of hydrogen-bond donors (Lipinski definition) is 1. The highest BCUT2D eigenvalue weighted by atomic mass is 35.5. The fourth-order valence-electron chi connectivity index (χ4n) is 1.22. The van der Waals surface area contributed by atoms with Crippen molar-refractivity contribution in [2.75, 3.05) is 11.6 Å². The number of nitrogens with two attached hydrogens (primary N) is 1. The predicted molar refractivity (Wildman–Crippen MR) is 62.2 cm³/mol. The van der Waals surface area contributed by atoms with Gasteiger partial charge in [-0.05, 0) is 23.4 Å². The van der Waals surface area contributed by atoms with Gasteiger partial charge in [-0.15, -0.1) is 11.6 Å².